The number of hydrogen-bond donors (Lipinski definition) is 0. The summed E-state index contributed by atoms with van der Waals surface area (Å²) in [6.45, 7) is 1.93. The Labute approximate surface area is 149 Å². The van der Waals surface area contributed by atoms with Crippen LogP contribution >= 0.6 is 7.26 Å². The minimum atomic E-state index is -2.38. The molecule has 0 bridgehead atoms. The molecule has 0 aliphatic rings. The molecule has 2 nitrogen and oxygen atoms in total. The van der Waals surface area contributed by atoms with Crippen LogP contribution in [-0.4, -0.2) is 11.6 Å². The number of carboxylic acids is 1. The van der Waals surface area contributed by atoms with Crippen LogP contribution in [0.25, 0.3) is 0 Å². The largest absolute Gasteiger partial charge is 0.546 e. The summed E-state index contributed by atoms with van der Waals surface area (Å²) in [5.41, 5.74) is -0.570. The predicted molar refractivity (Wildman–Crippen MR) is 104 cm³/mol. The first kappa shape index (κ1) is 17.4. The number of rotatable bonds is 6. The highest BCUT2D eigenvalue weighted by Crippen LogP contribution is 2.60. The second-order valence-electron chi connectivity index (χ2n) is 5.97. The maximum Gasteiger partial charge on any atom is 0.123 e. The average molecular weight is 348 g/mol. The number of aliphatic carboxylic acids is 1. The molecule has 0 saturated heterocycles. The Kier molecular flexibility index (Phi) is 5.31. The monoisotopic (exact) mass is 348 g/mol. The summed E-state index contributed by atoms with van der Waals surface area (Å²) in [5.74, 6) is -0.979. The van der Waals surface area contributed by atoms with E-state index < -0.39 is 18.9 Å². The number of benzene rings is 3. The van der Waals surface area contributed by atoms with Crippen molar-refractivity contribution in [1.82, 2.24) is 0 Å². The topological polar surface area (TPSA) is 40.1 Å². The Morgan fingerprint density at radius 2 is 1.08 bits per heavy atom. The third-order valence-electron chi connectivity index (χ3n) is 4.62. The van der Waals surface area contributed by atoms with Gasteiger partial charge in [0.1, 0.15) is 28.8 Å². The molecule has 0 aliphatic heterocycles. The van der Waals surface area contributed by atoms with Crippen molar-refractivity contribution in [2.75, 3.05) is 0 Å². The first-order chi connectivity index (χ1) is 12.2. The van der Waals surface area contributed by atoms with Gasteiger partial charge in [0.15, 0.2) is 0 Å². The van der Waals surface area contributed by atoms with Crippen LogP contribution in [0.1, 0.15) is 13.3 Å². The quantitative estimate of drug-likeness (QED) is 0.642. The van der Waals surface area contributed by atoms with Crippen molar-refractivity contribution in [2.45, 2.75) is 19.0 Å². The minimum absolute atomic E-state index is 0.523. The van der Waals surface area contributed by atoms with Crippen molar-refractivity contribution in [3.05, 3.63) is 91.0 Å². The van der Waals surface area contributed by atoms with Crippen LogP contribution in [0.15, 0.2) is 91.0 Å². The Hall–Kier alpha value is -2.44. The summed E-state index contributed by atoms with van der Waals surface area (Å²) >= 11 is 0. The van der Waals surface area contributed by atoms with Gasteiger partial charge in [0.2, 0.25) is 0 Å². The second kappa shape index (κ2) is 7.63. The van der Waals surface area contributed by atoms with Gasteiger partial charge in [0, 0.05) is 0 Å². The summed E-state index contributed by atoms with van der Waals surface area (Å²) in [6.07, 6.45) is 0.523. The predicted octanol–water partition coefficient (Wildman–Crippen LogP) is 2.51. The van der Waals surface area contributed by atoms with Crippen molar-refractivity contribution in [3.63, 3.8) is 0 Å². The number of carboxylic acid groups (broad SMARTS) is 1. The molecule has 0 N–H and O–H groups in total. The normalized spacial score (nSPS) is 12.5. The lowest BCUT2D eigenvalue weighted by molar-refractivity contribution is -0.305. The van der Waals surface area contributed by atoms with E-state index in [0.717, 1.165) is 15.9 Å². The van der Waals surface area contributed by atoms with Crippen LogP contribution in [0.2, 0.25) is 0 Å². The maximum absolute atomic E-state index is 12.2. The third-order valence-corrected chi connectivity index (χ3v) is 9.47. The second-order valence-corrected chi connectivity index (χ2v) is 9.59. The lowest BCUT2D eigenvalue weighted by atomic mass is 10.3. The van der Waals surface area contributed by atoms with Crippen LogP contribution in [0.3, 0.4) is 0 Å². The molecule has 3 aromatic rings. The van der Waals surface area contributed by atoms with Crippen LogP contribution < -0.4 is 21.0 Å². The highest BCUT2D eigenvalue weighted by molar-refractivity contribution is 7.96. The van der Waals surface area contributed by atoms with Crippen LogP contribution in [0.5, 0.6) is 0 Å². The number of carbonyl (C=O) groups excluding carboxylic acids is 1. The molecule has 126 valence electrons. The van der Waals surface area contributed by atoms with Crippen LogP contribution in [0, 0.1) is 0 Å². The fourth-order valence-electron chi connectivity index (χ4n) is 3.58. The third kappa shape index (κ3) is 3.10. The zero-order valence-corrected chi connectivity index (χ0v) is 15.1. The van der Waals surface area contributed by atoms with Gasteiger partial charge in [0.05, 0.1) is 5.97 Å². The van der Waals surface area contributed by atoms with Gasteiger partial charge in [-0.1, -0.05) is 61.5 Å². The first-order valence-electron chi connectivity index (χ1n) is 8.47. The average Bonchev–Trinajstić information content (AvgIpc) is 2.68. The fourth-order valence-corrected chi connectivity index (χ4v) is 8.34. The van der Waals surface area contributed by atoms with E-state index in [1.807, 2.05) is 61.5 Å². The van der Waals surface area contributed by atoms with Gasteiger partial charge in [-0.3, -0.25) is 0 Å². The zero-order valence-electron chi connectivity index (χ0n) is 14.2. The molecular formula is C22H21O2P. The van der Waals surface area contributed by atoms with E-state index in [1.165, 1.54) is 0 Å². The van der Waals surface area contributed by atoms with Gasteiger partial charge in [0.25, 0.3) is 0 Å². The molecule has 0 fully saturated rings. The lowest BCUT2D eigenvalue weighted by Gasteiger charge is -2.34. The SMILES string of the molecule is CCC(C(=O)[O-])[P+](c1ccccc1)(c1ccccc1)c1ccccc1. The van der Waals surface area contributed by atoms with E-state index in [4.69, 9.17) is 0 Å². The van der Waals surface area contributed by atoms with Crippen molar-refractivity contribution < 1.29 is 9.90 Å². The van der Waals surface area contributed by atoms with E-state index in [2.05, 4.69) is 36.4 Å². The summed E-state index contributed by atoms with van der Waals surface area (Å²) in [7, 11) is -2.38. The molecule has 0 radical (unpaired) electrons. The van der Waals surface area contributed by atoms with Crippen LogP contribution in [-0.2, 0) is 4.79 Å². The summed E-state index contributed by atoms with van der Waals surface area (Å²) in [5, 5.41) is 15.4. The highest BCUT2D eigenvalue weighted by atomic mass is 31.2. The Morgan fingerprint density at radius 1 is 0.760 bits per heavy atom. The van der Waals surface area contributed by atoms with Crippen LogP contribution in [0.4, 0.5) is 0 Å². The van der Waals surface area contributed by atoms with Gasteiger partial charge in [-0.15, -0.1) is 0 Å². The van der Waals surface area contributed by atoms with Gasteiger partial charge in [-0.05, 0) is 42.8 Å². The molecule has 25 heavy (non-hydrogen) atoms. The summed E-state index contributed by atoms with van der Waals surface area (Å²) in [6, 6.07) is 30.1. The van der Waals surface area contributed by atoms with Gasteiger partial charge < -0.3 is 9.90 Å². The van der Waals surface area contributed by atoms with E-state index in [1.54, 1.807) is 0 Å². The van der Waals surface area contributed by atoms with E-state index in [-0.39, 0.29) is 0 Å². The molecule has 0 aliphatic carbocycles. The summed E-state index contributed by atoms with van der Waals surface area (Å²) < 4.78 is 0. The molecule has 1 atom stereocenters. The van der Waals surface area contributed by atoms with Crippen molar-refractivity contribution in [1.29, 1.82) is 0 Å². The smallest absolute Gasteiger partial charge is 0.123 e. The number of carbonyl (C=O) groups is 1. The maximum atomic E-state index is 12.2. The van der Waals surface area contributed by atoms with E-state index in [0.29, 0.717) is 6.42 Å². The Morgan fingerprint density at radius 3 is 1.32 bits per heavy atom. The van der Waals surface area contributed by atoms with Gasteiger partial charge >= 0.3 is 0 Å². The summed E-state index contributed by atoms with van der Waals surface area (Å²) in [4.78, 5) is 12.2. The highest BCUT2D eigenvalue weighted by Gasteiger charge is 2.52. The molecule has 0 amide bonds. The van der Waals surface area contributed by atoms with Crippen molar-refractivity contribution in [2.24, 2.45) is 0 Å². The van der Waals surface area contributed by atoms with E-state index >= 15 is 0 Å². The van der Waals surface area contributed by atoms with Gasteiger partial charge in [-0.25, -0.2) is 0 Å². The molecule has 0 aromatic heterocycles. The van der Waals surface area contributed by atoms with Crippen molar-refractivity contribution >= 4 is 29.1 Å². The minimum Gasteiger partial charge on any atom is -0.546 e. The molecular weight excluding hydrogens is 327 g/mol. The molecule has 0 heterocycles. The molecule has 1 unspecified atom stereocenters. The first-order valence-corrected chi connectivity index (χ1v) is 10.3. The van der Waals surface area contributed by atoms with Gasteiger partial charge in [-0.2, -0.15) is 0 Å². The van der Waals surface area contributed by atoms with Crippen molar-refractivity contribution in [3.8, 4) is 0 Å². The zero-order chi connectivity index (χ0) is 17.7. The molecule has 3 rings (SSSR count). The standard InChI is InChI=1S/C22H21O2P/c1-2-21(22(23)24)25(18-12-6-3-7-13-18,19-14-8-4-9-15-19)20-16-10-5-11-17-20/h3-17,21H,2H2,1H3. The fraction of sp³-hybridized carbons (Fsp3) is 0.136. The Balaban J connectivity index is 2.42. The lowest BCUT2D eigenvalue weighted by Crippen LogP contribution is -2.47. The van der Waals surface area contributed by atoms with E-state index in [9.17, 15) is 9.90 Å². The number of hydrogen-bond acceptors (Lipinski definition) is 2. The molecule has 3 aromatic carbocycles. The Bertz CT molecular complexity index is 720. The molecule has 0 spiro atoms. The molecule has 0 saturated carbocycles. The molecule has 3 heteroatoms.